The van der Waals surface area contributed by atoms with Crippen LogP contribution in [0.1, 0.15) is 23.2 Å². The van der Waals surface area contributed by atoms with Gasteiger partial charge in [0.05, 0.1) is 16.6 Å². The molecule has 0 radical (unpaired) electrons. The van der Waals surface area contributed by atoms with Crippen LogP contribution in [0.25, 0.3) is 0 Å². The molecule has 0 aliphatic heterocycles. The Labute approximate surface area is 107 Å². The maximum absolute atomic E-state index is 13.7. The molecule has 1 rings (SSSR count). The first-order chi connectivity index (χ1) is 8.07. The Morgan fingerprint density at radius 2 is 2.29 bits per heavy atom. The molecule has 0 fully saturated rings. The van der Waals surface area contributed by atoms with Gasteiger partial charge in [-0.3, -0.25) is 0 Å². The SMILES string of the molecule is C=CCCCOc1ccc(C(=O)O)c(Br)c1F. The summed E-state index contributed by atoms with van der Waals surface area (Å²) in [6.07, 6.45) is 3.28. The molecule has 5 heteroatoms. The molecule has 0 aliphatic rings. The van der Waals surface area contributed by atoms with E-state index in [9.17, 15) is 9.18 Å². The number of carboxylic acid groups (broad SMARTS) is 1. The third kappa shape index (κ3) is 3.56. The average Bonchev–Trinajstić information content (AvgIpc) is 2.29. The van der Waals surface area contributed by atoms with E-state index in [1.165, 1.54) is 12.1 Å². The van der Waals surface area contributed by atoms with Crippen LogP contribution in [0, 0.1) is 5.82 Å². The van der Waals surface area contributed by atoms with Crippen LogP contribution < -0.4 is 4.74 Å². The van der Waals surface area contributed by atoms with Crippen molar-refractivity contribution in [3.8, 4) is 5.75 Å². The first-order valence-electron chi connectivity index (χ1n) is 5.03. The number of benzene rings is 1. The quantitative estimate of drug-likeness (QED) is 0.645. The van der Waals surface area contributed by atoms with Crippen LogP contribution in [0.4, 0.5) is 4.39 Å². The summed E-state index contributed by atoms with van der Waals surface area (Å²) >= 11 is 2.90. The molecule has 0 unspecified atom stereocenters. The van der Waals surface area contributed by atoms with Crippen molar-refractivity contribution in [1.29, 1.82) is 0 Å². The Morgan fingerprint density at radius 3 is 2.88 bits per heavy atom. The van der Waals surface area contributed by atoms with Gasteiger partial charge in [-0.05, 0) is 40.9 Å². The van der Waals surface area contributed by atoms with Crippen molar-refractivity contribution in [1.82, 2.24) is 0 Å². The average molecular weight is 303 g/mol. The molecule has 0 saturated carbocycles. The molecule has 0 bridgehead atoms. The van der Waals surface area contributed by atoms with Crippen molar-refractivity contribution in [3.63, 3.8) is 0 Å². The molecular weight excluding hydrogens is 291 g/mol. The normalized spacial score (nSPS) is 10.0. The number of rotatable bonds is 6. The Kier molecular flexibility index (Phi) is 5.15. The minimum absolute atomic E-state index is 0.0472. The lowest BCUT2D eigenvalue weighted by molar-refractivity contribution is 0.0695. The summed E-state index contributed by atoms with van der Waals surface area (Å²) in [5.41, 5.74) is -0.124. The summed E-state index contributed by atoms with van der Waals surface area (Å²) in [5.74, 6) is -1.83. The van der Waals surface area contributed by atoms with E-state index >= 15 is 0 Å². The molecule has 1 N–H and O–H groups in total. The zero-order valence-electron chi connectivity index (χ0n) is 9.08. The lowest BCUT2D eigenvalue weighted by atomic mass is 10.2. The second-order valence-electron chi connectivity index (χ2n) is 3.32. The van der Waals surface area contributed by atoms with E-state index in [4.69, 9.17) is 9.84 Å². The molecular formula is C12H12BrFO3. The van der Waals surface area contributed by atoms with Gasteiger partial charge in [0.2, 0.25) is 0 Å². The van der Waals surface area contributed by atoms with Crippen molar-refractivity contribution < 1.29 is 19.0 Å². The summed E-state index contributed by atoms with van der Waals surface area (Å²) in [4.78, 5) is 10.7. The van der Waals surface area contributed by atoms with Crippen molar-refractivity contribution >= 4 is 21.9 Å². The van der Waals surface area contributed by atoms with E-state index in [0.717, 1.165) is 12.8 Å². The molecule has 0 saturated heterocycles. The predicted octanol–water partition coefficient (Wildman–Crippen LogP) is 3.63. The van der Waals surface area contributed by atoms with Gasteiger partial charge >= 0.3 is 5.97 Å². The van der Waals surface area contributed by atoms with Gasteiger partial charge in [0.15, 0.2) is 11.6 Å². The highest BCUT2D eigenvalue weighted by Crippen LogP contribution is 2.28. The number of allylic oxidation sites excluding steroid dienone is 1. The standard InChI is InChI=1S/C12H12BrFO3/c1-2-3-4-7-17-9-6-5-8(12(15)16)10(13)11(9)14/h2,5-6H,1,3-4,7H2,(H,15,16). The molecule has 3 nitrogen and oxygen atoms in total. The van der Waals surface area contributed by atoms with Crippen molar-refractivity contribution in [3.05, 3.63) is 40.6 Å². The van der Waals surface area contributed by atoms with Crippen molar-refractivity contribution in [2.24, 2.45) is 0 Å². The number of unbranched alkanes of at least 4 members (excludes halogenated alkanes) is 1. The Bertz CT molecular complexity index is 432. The summed E-state index contributed by atoms with van der Waals surface area (Å²) < 4.78 is 18.8. The van der Waals surface area contributed by atoms with Crippen LogP contribution in [-0.4, -0.2) is 17.7 Å². The molecule has 0 amide bonds. The Hall–Kier alpha value is -1.36. The maximum atomic E-state index is 13.7. The number of ether oxygens (including phenoxy) is 1. The van der Waals surface area contributed by atoms with Gasteiger partial charge in [-0.15, -0.1) is 6.58 Å². The molecule has 0 atom stereocenters. The van der Waals surface area contributed by atoms with Gasteiger partial charge in [-0.1, -0.05) is 6.08 Å². The van der Waals surface area contributed by atoms with E-state index in [2.05, 4.69) is 22.5 Å². The molecule has 0 aromatic heterocycles. The van der Waals surface area contributed by atoms with Crippen LogP contribution in [0.15, 0.2) is 29.3 Å². The molecule has 17 heavy (non-hydrogen) atoms. The van der Waals surface area contributed by atoms with Crippen LogP contribution in [-0.2, 0) is 0 Å². The zero-order chi connectivity index (χ0) is 12.8. The summed E-state index contributed by atoms with van der Waals surface area (Å²) in [6, 6.07) is 2.62. The van der Waals surface area contributed by atoms with Gasteiger partial charge in [0, 0.05) is 0 Å². The second-order valence-corrected chi connectivity index (χ2v) is 4.12. The molecule has 92 valence electrons. The number of carboxylic acids is 1. The fourth-order valence-electron chi connectivity index (χ4n) is 1.22. The zero-order valence-corrected chi connectivity index (χ0v) is 10.7. The third-order valence-electron chi connectivity index (χ3n) is 2.09. The maximum Gasteiger partial charge on any atom is 0.336 e. The molecule has 0 heterocycles. The number of carbonyl (C=O) groups is 1. The van der Waals surface area contributed by atoms with Gasteiger partial charge < -0.3 is 9.84 Å². The minimum atomic E-state index is -1.19. The number of halogens is 2. The van der Waals surface area contributed by atoms with Crippen LogP contribution >= 0.6 is 15.9 Å². The van der Waals surface area contributed by atoms with Crippen molar-refractivity contribution in [2.45, 2.75) is 12.8 Å². The number of aromatic carboxylic acids is 1. The van der Waals surface area contributed by atoms with E-state index in [1.807, 2.05) is 0 Å². The molecule has 1 aromatic carbocycles. The smallest absolute Gasteiger partial charge is 0.336 e. The highest BCUT2D eigenvalue weighted by atomic mass is 79.9. The Morgan fingerprint density at radius 1 is 1.59 bits per heavy atom. The van der Waals surface area contributed by atoms with Gasteiger partial charge in [0.1, 0.15) is 0 Å². The predicted molar refractivity (Wildman–Crippen MR) is 66.0 cm³/mol. The van der Waals surface area contributed by atoms with E-state index in [1.54, 1.807) is 6.08 Å². The van der Waals surface area contributed by atoms with E-state index in [-0.39, 0.29) is 15.8 Å². The van der Waals surface area contributed by atoms with Crippen LogP contribution in [0.5, 0.6) is 5.75 Å². The number of hydrogen-bond donors (Lipinski definition) is 1. The van der Waals surface area contributed by atoms with Gasteiger partial charge in [-0.2, -0.15) is 0 Å². The molecule has 0 aliphatic carbocycles. The summed E-state index contributed by atoms with van der Waals surface area (Å²) in [7, 11) is 0. The van der Waals surface area contributed by atoms with Gasteiger partial charge in [-0.25, -0.2) is 9.18 Å². The highest BCUT2D eigenvalue weighted by Gasteiger charge is 2.16. The first kappa shape index (κ1) is 13.7. The van der Waals surface area contributed by atoms with Crippen LogP contribution in [0.2, 0.25) is 0 Å². The van der Waals surface area contributed by atoms with E-state index in [0.29, 0.717) is 6.61 Å². The summed E-state index contributed by atoms with van der Waals surface area (Å²) in [5, 5.41) is 8.78. The van der Waals surface area contributed by atoms with Crippen LogP contribution in [0.3, 0.4) is 0 Å². The monoisotopic (exact) mass is 302 g/mol. The lowest BCUT2D eigenvalue weighted by Crippen LogP contribution is -2.03. The molecule has 1 aromatic rings. The highest BCUT2D eigenvalue weighted by molar-refractivity contribution is 9.10. The summed E-state index contributed by atoms with van der Waals surface area (Å²) in [6.45, 7) is 3.93. The second kappa shape index (κ2) is 6.39. The number of hydrogen-bond acceptors (Lipinski definition) is 2. The topological polar surface area (TPSA) is 46.5 Å². The largest absolute Gasteiger partial charge is 0.490 e. The lowest BCUT2D eigenvalue weighted by Gasteiger charge is -2.09. The fraction of sp³-hybridized carbons (Fsp3) is 0.250. The van der Waals surface area contributed by atoms with Crippen molar-refractivity contribution in [2.75, 3.05) is 6.61 Å². The Balaban J connectivity index is 2.78. The van der Waals surface area contributed by atoms with E-state index < -0.39 is 11.8 Å². The third-order valence-corrected chi connectivity index (χ3v) is 2.86. The molecule has 0 spiro atoms. The van der Waals surface area contributed by atoms with Gasteiger partial charge in [0.25, 0.3) is 0 Å². The minimum Gasteiger partial charge on any atom is -0.490 e. The fourth-order valence-corrected chi connectivity index (χ4v) is 1.72. The first-order valence-corrected chi connectivity index (χ1v) is 5.82.